The van der Waals surface area contributed by atoms with E-state index in [0.29, 0.717) is 37.2 Å². The number of pyridine rings is 1. The van der Waals surface area contributed by atoms with Crippen LogP contribution in [0.4, 0.5) is 0 Å². The van der Waals surface area contributed by atoms with Gasteiger partial charge in [-0.2, -0.15) is 0 Å². The lowest BCUT2D eigenvalue weighted by atomic mass is 9.93. The third-order valence-corrected chi connectivity index (χ3v) is 4.19. The first-order valence-corrected chi connectivity index (χ1v) is 7.70. The van der Waals surface area contributed by atoms with Crippen LogP contribution in [-0.2, 0) is 11.2 Å². The highest BCUT2D eigenvalue weighted by Gasteiger charge is 2.29. The van der Waals surface area contributed by atoms with Gasteiger partial charge in [-0.05, 0) is 32.8 Å². The number of aromatic nitrogens is 1. The monoisotopic (exact) mass is 304 g/mol. The Hall–Kier alpha value is -1.95. The third kappa shape index (κ3) is 2.70. The summed E-state index contributed by atoms with van der Waals surface area (Å²) in [5.41, 5.74) is 0.783. The second kappa shape index (κ2) is 5.68. The number of carbonyl (C=O) groups is 2. The van der Waals surface area contributed by atoms with E-state index in [9.17, 15) is 14.4 Å². The van der Waals surface area contributed by atoms with Gasteiger partial charge in [0.15, 0.2) is 5.78 Å². The van der Waals surface area contributed by atoms with Crippen LogP contribution < -0.4 is 5.56 Å². The molecule has 1 saturated heterocycles. The number of ether oxygens (including phenoxy) is 1. The highest BCUT2D eigenvalue weighted by molar-refractivity contribution is 6.01. The van der Waals surface area contributed by atoms with Crippen LogP contribution in [0.5, 0.6) is 0 Å². The lowest BCUT2D eigenvalue weighted by Crippen LogP contribution is -2.49. The van der Waals surface area contributed by atoms with Crippen LogP contribution in [0.3, 0.4) is 0 Å². The van der Waals surface area contributed by atoms with E-state index < -0.39 is 5.56 Å². The van der Waals surface area contributed by atoms with Crippen molar-refractivity contribution >= 4 is 11.7 Å². The number of nitrogens with zero attached hydrogens (tertiary/aromatic N) is 1. The first kappa shape index (κ1) is 15.0. The minimum Gasteiger partial charge on any atom is -0.372 e. The summed E-state index contributed by atoms with van der Waals surface area (Å²) in [5, 5.41) is 0. The summed E-state index contributed by atoms with van der Waals surface area (Å²) in [6, 6.07) is 1.47. The number of aryl methyl sites for hydroxylation is 1. The molecule has 22 heavy (non-hydrogen) atoms. The summed E-state index contributed by atoms with van der Waals surface area (Å²) in [5.74, 6) is -0.334. The van der Waals surface area contributed by atoms with Crippen LogP contribution in [-0.4, -0.2) is 46.9 Å². The molecule has 0 bridgehead atoms. The molecule has 6 nitrogen and oxygen atoms in total. The number of aromatic amines is 1. The van der Waals surface area contributed by atoms with E-state index in [1.807, 2.05) is 13.8 Å². The Bertz CT molecular complexity index is 669. The van der Waals surface area contributed by atoms with Crippen molar-refractivity contribution in [1.29, 1.82) is 0 Å². The molecule has 1 N–H and O–H groups in total. The van der Waals surface area contributed by atoms with Gasteiger partial charge in [0, 0.05) is 30.8 Å². The number of rotatable bonds is 1. The molecular formula is C16H20N2O4. The van der Waals surface area contributed by atoms with Crippen LogP contribution in [0.15, 0.2) is 10.9 Å². The summed E-state index contributed by atoms with van der Waals surface area (Å²) < 4.78 is 5.61. The molecule has 1 aromatic rings. The minimum atomic E-state index is -0.412. The molecule has 0 spiro atoms. The molecule has 2 heterocycles. The highest BCUT2D eigenvalue weighted by Crippen LogP contribution is 2.20. The van der Waals surface area contributed by atoms with E-state index in [1.54, 1.807) is 4.90 Å². The molecule has 0 unspecified atom stereocenters. The van der Waals surface area contributed by atoms with E-state index in [2.05, 4.69) is 4.98 Å². The molecular weight excluding hydrogens is 284 g/mol. The molecule has 1 fully saturated rings. The SMILES string of the molecule is C[C@@H]1CN(C(=O)c2cc3c([nH]c2=O)CCCC3=O)C[C@@H](C)O1. The van der Waals surface area contributed by atoms with Gasteiger partial charge in [-0.15, -0.1) is 0 Å². The van der Waals surface area contributed by atoms with Crippen LogP contribution in [0.1, 0.15) is 53.1 Å². The summed E-state index contributed by atoms with van der Waals surface area (Å²) >= 11 is 0. The standard InChI is InChI=1S/C16H20N2O4/c1-9-7-18(8-10(2)22-9)16(21)12-6-11-13(17-15(12)20)4-3-5-14(11)19/h6,9-10H,3-5,7-8H2,1-2H3,(H,17,20)/t9-,10-/m1/s1. The van der Waals surface area contributed by atoms with Gasteiger partial charge in [0.1, 0.15) is 5.56 Å². The van der Waals surface area contributed by atoms with Crippen molar-refractivity contribution in [3.05, 3.63) is 33.2 Å². The van der Waals surface area contributed by atoms with Crippen LogP contribution >= 0.6 is 0 Å². The number of hydrogen-bond donors (Lipinski definition) is 1. The molecule has 0 aromatic carbocycles. The predicted molar refractivity (Wildman–Crippen MR) is 80.2 cm³/mol. The van der Waals surface area contributed by atoms with E-state index >= 15 is 0 Å². The molecule has 3 rings (SSSR count). The Balaban J connectivity index is 1.94. The van der Waals surface area contributed by atoms with Crippen molar-refractivity contribution in [2.75, 3.05) is 13.1 Å². The molecule has 2 aliphatic rings. The minimum absolute atomic E-state index is 0.00439. The normalized spacial score (nSPS) is 25.0. The zero-order valence-electron chi connectivity index (χ0n) is 12.8. The molecule has 6 heteroatoms. The number of Topliss-reactive ketones (excluding diaryl/α,β-unsaturated/α-hetero) is 1. The van der Waals surface area contributed by atoms with Gasteiger partial charge in [-0.1, -0.05) is 0 Å². The maximum atomic E-state index is 12.6. The van der Waals surface area contributed by atoms with Gasteiger partial charge in [0.05, 0.1) is 12.2 Å². The van der Waals surface area contributed by atoms with E-state index in [4.69, 9.17) is 4.74 Å². The number of morpholine rings is 1. The van der Waals surface area contributed by atoms with Gasteiger partial charge in [-0.25, -0.2) is 0 Å². The van der Waals surface area contributed by atoms with Crippen LogP contribution in [0.25, 0.3) is 0 Å². The Morgan fingerprint density at radius 2 is 1.91 bits per heavy atom. The smallest absolute Gasteiger partial charge is 0.261 e. The third-order valence-electron chi connectivity index (χ3n) is 4.19. The number of nitrogens with one attached hydrogen (secondary N) is 1. The number of H-pyrrole nitrogens is 1. The van der Waals surface area contributed by atoms with Crippen molar-refractivity contribution in [1.82, 2.24) is 9.88 Å². The number of carbonyl (C=O) groups excluding carboxylic acids is 2. The fraction of sp³-hybridized carbons (Fsp3) is 0.562. The maximum Gasteiger partial charge on any atom is 0.261 e. The Labute approximate surface area is 128 Å². The van der Waals surface area contributed by atoms with Crippen molar-refractivity contribution in [2.24, 2.45) is 0 Å². The lowest BCUT2D eigenvalue weighted by molar-refractivity contribution is -0.0586. The fourth-order valence-electron chi connectivity index (χ4n) is 3.25. The second-order valence-electron chi connectivity index (χ2n) is 6.15. The predicted octanol–water partition coefficient (Wildman–Crippen LogP) is 1.14. The lowest BCUT2D eigenvalue weighted by Gasteiger charge is -2.35. The largest absolute Gasteiger partial charge is 0.372 e. The molecule has 1 aliphatic carbocycles. The first-order valence-electron chi connectivity index (χ1n) is 7.70. The quantitative estimate of drug-likeness (QED) is 0.844. The molecule has 0 saturated carbocycles. The van der Waals surface area contributed by atoms with Gasteiger partial charge in [0.2, 0.25) is 0 Å². The first-order chi connectivity index (χ1) is 10.5. The van der Waals surface area contributed by atoms with Crippen LogP contribution in [0, 0.1) is 0 Å². The topological polar surface area (TPSA) is 79.5 Å². The van der Waals surface area contributed by atoms with E-state index in [1.165, 1.54) is 6.07 Å². The van der Waals surface area contributed by atoms with Gasteiger partial charge in [0.25, 0.3) is 11.5 Å². The average Bonchev–Trinajstić information content (AvgIpc) is 2.45. The average molecular weight is 304 g/mol. The van der Waals surface area contributed by atoms with Gasteiger partial charge < -0.3 is 14.6 Å². The molecule has 2 atom stereocenters. The summed E-state index contributed by atoms with van der Waals surface area (Å²) in [6.07, 6.45) is 1.76. The highest BCUT2D eigenvalue weighted by atomic mass is 16.5. The van der Waals surface area contributed by atoms with Crippen molar-refractivity contribution < 1.29 is 14.3 Å². The number of fused-ring (bicyclic) bond motifs is 1. The fourth-order valence-corrected chi connectivity index (χ4v) is 3.25. The molecule has 1 aliphatic heterocycles. The van der Waals surface area contributed by atoms with Gasteiger partial charge >= 0.3 is 0 Å². The molecule has 0 radical (unpaired) electrons. The Morgan fingerprint density at radius 1 is 1.23 bits per heavy atom. The van der Waals surface area contributed by atoms with Crippen molar-refractivity contribution in [3.8, 4) is 0 Å². The second-order valence-corrected chi connectivity index (χ2v) is 6.15. The zero-order valence-corrected chi connectivity index (χ0v) is 12.8. The molecule has 118 valence electrons. The number of amides is 1. The van der Waals surface area contributed by atoms with Gasteiger partial charge in [-0.3, -0.25) is 14.4 Å². The van der Waals surface area contributed by atoms with E-state index in [-0.39, 0.29) is 29.5 Å². The molecule has 1 amide bonds. The number of ketones is 1. The molecule has 1 aromatic heterocycles. The van der Waals surface area contributed by atoms with E-state index in [0.717, 1.165) is 6.42 Å². The summed E-state index contributed by atoms with van der Waals surface area (Å²) in [7, 11) is 0. The van der Waals surface area contributed by atoms with Crippen LogP contribution in [0.2, 0.25) is 0 Å². The summed E-state index contributed by atoms with van der Waals surface area (Å²) in [6.45, 7) is 4.70. The maximum absolute atomic E-state index is 12.6. The summed E-state index contributed by atoms with van der Waals surface area (Å²) in [4.78, 5) is 41.2. The van der Waals surface area contributed by atoms with Crippen molar-refractivity contribution in [3.63, 3.8) is 0 Å². The Kier molecular flexibility index (Phi) is 3.87. The van der Waals surface area contributed by atoms with Crippen molar-refractivity contribution in [2.45, 2.75) is 45.3 Å². The number of hydrogen-bond acceptors (Lipinski definition) is 4. The zero-order chi connectivity index (χ0) is 15.9. The Morgan fingerprint density at radius 3 is 2.59 bits per heavy atom.